The summed E-state index contributed by atoms with van der Waals surface area (Å²) in [6.45, 7) is 4.51. The zero-order valence-electron chi connectivity index (χ0n) is 10.7. The highest BCUT2D eigenvalue weighted by atomic mass is 14.1. The highest BCUT2D eigenvalue weighted by Crippen LogP contribution is 2.21. The Hall–Kier alpha value is -1.56. The SMILES string of the molecule is Cc1ccccc1CCC(C)c1ccccc1. The summed E-state index contributed by atoms with van der Waals surface area (Å²) in [5, 5.41) is 0. The van der Waals surface area contributed by atoms with Gasteiger partial charge in [-0.25, -0.2) is 0 Å². The minimum Gasteiger partial charge on any atom is -0.0622 e. The highest BCUT2D eigenvalue weighted by molar-refractivity contribution is 5.26. The first-order valence-electron chi connectivity index (χ1n) is 6.37. The van der Waals surface area contributed by atoms with Gasteiger partial charge in [0.25, 0.3) is 0 Å². The Morgan fingerprint density at radius 2 is 1.53 bits per heavy atom. The molecule has 88 valence electrons. The molecule has 0 saturated heterocycles. The number of benzene rings is 2. The van der Waals surface area contributed by atoms with Gasteiger partial charge in [0, 0.05) is 0 Å². The summed E-state index contributed by atoms with van der Waals surface area (Å²) in [5.74, 6) is 0.635. The molecule has 2 aromatic carbocycles. The molecule has 17 heavy (non-hydrogen) atoms. The van der Waals surface area contributed by atoms with Crippen molar-refractivity contribution >= 4 is 0 Å². The van der Waals surface area contributed by atoms with Crippen LogP contribution in [0, 0.1) is 6.92 Å². The van der Waals surface area contributed by atoms with Gasteiger partial charge in [-0.05, 0) is 42.4 Å². The molecule has 0 heteroatoms. The van der Waals surface area contributed by atoms with Crippen LogP contribution in [-0.2, 0) is 6.42 Å². The Kier molecular flexibility index (Phi) is 3.98. The third-order valence-electron chi connectivity index (χ3n) is 3.48. The van der Waals surface area contributed by atoms with E-state index < -0.39 is 0 Å². The first-order valence-corrected chi connectivity index (χ1v) is 6.37. The van der Waals surface area contributed by atoms with Gasteiger partial charge < -0.3 is 0 Å². The molecule has 0 bridgehead atoms. The van der Waals surface area contributed by atoms with Crippen LogP contribution in [0.2, 0.25) is 0 Å². The van der Waals surface area contributed by atoms with E-state index in [1.54, 1.807) is 0 Å². The average molecular weight is 224 g/mol. The lowest BCUT2D eigenvalue weighted by Crippen LogP contribution is -1.97. The molecule has 0 aromatic heterocycles. The maximum absolute atomic E-state index is 2.31. The van der Waals surface area contributed by atoms with E-state index in [0.29, 0.717) is 5.92 Å². The second kappa shape index (κ2) is 5.67. The van der Waals surface area contributed by atoms with Crippen LogP contribution >= 0.6 is 0 Å². The summed E-state index contributed by atoms with van der Waals surface area (Å²) in [7, 11) is 0. The standard InChI is InChI=1S/C17H20/c1-14-8-6-7-11-17(14)13-12-15(2)16-9-4-3-5-10-16/h3-11,15H,12-13H2,1-2H3. The molecule has 0 aliphatic heterocycles. The maximum Gasteiger partial charge on any atom is -0.0187 e. The Bertz CT molecular complexity index is 456. The van der Waals surface area contributed by atoms with E-state index in [1.807, 2.05) is 0 Å². The molecule has 0 amide bonds. The first kappa shape index (κ1) is 11.9. The molecule has 0 aliphatic carbocycles. The van der Waals surface area contributed by atoms with Gasteiger partial charge in [-0.15, -0.1) is 0 Å². The molecule has 1 atom stereocenters. The molecule has 0 N–H and O–H groups in total. The lowest BCUT2D eigenvalue weighted by molar-refractivity contribution is 0.678. The summed E-state index contributed by atoms with van der Waals surface area (Å²) in [6, 6.07) is 19.5. The van der Waals surface area contributed by atoms with Gasteiger partial charge >= 0.3 is 0 Å². The Labute approximate surface area is 104 Å². The van der Waals surface area contributed by atoms with Crippen LogP contribution < -0.4 is 0 Å². The van der Waals surface area contributed by atoms with E-state index in [2.05, 4.69) is 68.4 Å². The molecule has 0 spiro atoms. The Balaban J connectivity index is 1.97. The van der Waals surface area contributed by atoms with Crippen molar-refractivity contribution in [1.82, 2.24) is 0 Å². The predicted molar refractivity (Wildman–Crippen MR) is 74.4 cm³/mol. The molecule has 0 nitrogen and oxygen atoms in total. The second-order valence-corrected chi connectivity index (χ2v) is 4.78. The zero-order valence-corrected chi connectivity index (χ0v) is 10.7. The summed E-state index contributed by atoms with van der Waals surface area (Å²) >= 11 is 0. The van der Waals surface area contributed by atoms with Crippen molar-refractivity contribution in [2.24, 2.45) is 0 Å². The highest BCUT2D eigenvalue weighted by Gasteiger charge is 2.05. The fraction of sp³-hybridized carbons (Fsp3) is 0.294. The molecule has 2 rings (SSSR count). The number of rotatable bonds is 4. The molecule has 0 aliphatic rings. The van der Waals surface area contributed by atoms with Gasteiger partial charge in [-0.1, -0.05) is 61.5 Å². The normalized spacial score (nSPS) is 12.4. The van der Waals surface area contributed by atoms with Crippen LogP contribution in [0.15, 0.2) is 54.6 Å². The summed E-state index contributed by atoms with van der Waals surface area (Å²) in [5.41, 5.74) is 4.34. The lowest BCUT2D eigenvalue weighted by Gasteiger charge is -2.12. The minimum absolute atomic E-state index is 0.635. The van der Waals surface area contributed by atoms with Crippen molar-refractivity contribution in [2.75, 3.05) is 0 Å². The third kappa shape index (κ3) is 3.20. The van der Waals surface area contributed by atoms with E-state index in [4.69, 9.17) is 0 Å². The second-order valence-electron chi connectivity index (χ2n) is 4.78. The van der Waals surface area contributed by atoms with Crippen molar-refractivity contribution < 1.29 is 0 Å². The molecular weight excluding hydrogens is 204 g/mol. The molecule has 2 aromatic rings. The molecular formula is C17H20. The van der Waals surface area contributed by atoms with E-state index in [-0.39, 0.29) is 0 Å². The van der Waals surface area contributed by atoms with Gasteiger partial charge in [-0.3, -0.25) is 0 Å². The van der Waals surface area contributed by atoms with Crippen molar-refractivity contribution in [3.05, 3.63) is 71.3 Å². The van der Waals surface area contributed by atoms with Gasteiger partial charge in [0.2, 0.25) is 0 Å². The van der Waals surface area contributed by atoms with Crippen LogP contribution in [0.3, 0.4) is 0 Å². The van der Waals surface area contributed by atoms with Gasteiger partial charge in [0.15, 0.2) is 0 Å². The molecule has 0 radical (unpaired) electrons. The summed E-state index contributed by atoms with van der Waals surface area (Å²) in [6.07, 6.45) is 2.39. The van der Waals surface area contributed by atoms with E-state index >= 15 is 0 Å². The molecule has 0 saturated carbocycles. The fourth-order valence-corrected chi connectivity index (χ4v) is 2.21. The summed E-state index contributed by atoms with van der Waals surface area (Å²) < 4.78 is 0. The molecule has 1 unspecified atom stereocenters. The lowest BCUT2D eigenvalue weighted by atomic mass is 9.93. The van der Waals surface area contributed by atoms with Crippen molar-refractivity contribution in [3.63, 3.8) is 0 Å². The van der Waals surface area contributed by atoms with E-state index in [1.165, 1.54) is 29.5 Å². The monoisotopic (exact) mass is 224 g/mol. The van der Waals surface area contributed by atoms with Gasteiger partial charge in [-0.2, -0.15) is 0 Å². The van der Waals surface area contributed by atoms with Gasteiger partial charge in [0.05, 0.1) is 0 Å². The topological polar surface area (TPSA) is 0 Å². The van der Waals surface area contributed by atoms with Crippen molar-refractivity contribution in [1.29, 1.82) is 0 Å². The van der Waals surface area contributed by atoms with Gasteiger partial charge in [0.1, 0.15) is 0 Å². The fourth-order valence-electron chi connectivity index (χ4n) is 2.21. The first-order chi connectivity index (χ1) is 8.27. The van der Waals surface area contributed by atoms with Crippen LogP contribution in [0.25, 0.3) is 0 Å². The van der Waals surface area contributed by atoms with Crippen molar-refractivity contribution in [2.45, 2.75) is 32.6 Å². The number of hydrogen-bond acceptors (Lipinski definition) is 0. The Morgan fingerprint density at radius 3 is 2.24 bits per heavy atom. The number of aryl methyl sites for hydroxylation is 2. The van der Waals surface area contributed by atoms with E-state index in [0.717, 1.165) is 0 Å². The summed E-state index contributed by atoms with van der Waals surface area (Å²) in [4.78, 5) is 0. The average Bonchev–Trinajstić information content (AvgIpc) is 2.38. The third-order valence-corrected chi connectivity index (χ3v) is 3.48. The van der Waals surface area contributed by atoms with Crippen LogP contribution in [0.5, 0.6) is 0 Å². The maximum atomic E-state index is 2.31. The van der Waals surface area contributed by atoms with E-state index in [9.17, 15) is 0 Å². The zero-order chi connectivity index (χ0) is 12.1. The van der Waals surface area contributed by atoms with Crippen LogP contribution in [0.1, 0.15) is 36.0 Å². The van der Waals surface area contributed by atoms with Crippen LogP contribution in [-0.4, -0.2) is 0 Å². The number of hydrogen-bond donors (Lipinski definition) is 0. The van der Waals surface area contributed by atoms with Crippen molar-refractivity contribution in [3.8, 4) is 0 Å². The Morgan fingerprint density at radius 1 is 0.882 bits per heavy atom. The molecule has 0 heterocycles. The minimum atomic E-state index is 0.635. The quantitative estimate of drug-likeness (QED) is 0.704. The predicted octanol–water partition coefficient (Wildman–Crippen LogP) is 4.73. The smallest absolute Gasteiger partial charge is 0.0187 e. The molecule has 0 fully saturated rings. The van der Waals surface area contributed by atoms with Crippen LogP contribution in [0.4, 0.5) is 0 Å². The largest absolute Gasteiger partial charge is 0.0622 e.